The first-order valence-corrected chi connectivity index (χ1v) is 7.42. The van der Waals surface area contributed by atoms with Crippen molar-refractivity contribution >= 4 is 43.8 Å². The molecule has 0 unspecified atom stereocenters. The molecule has 19 heavy (non-hydrogen) atoms. The van der Waals surface area contributed by atoms with Crippen LogP contribution in [0.3, 0.4) is 0 Å². The fourth-order valence-electron chi connectivity index (χ4n) is 2.11. The van der Waals surface area contributed by atoms with Gasteiger partial charge in [-0.1, -0.05) is 27.3 Å². The van der Waals surface area contributed by atoms with E-state index >= 15 is 0 Å². The van der Waals surface area contributed by atoms with Gasteiger partial charge in [-0.05, 0) is 43.2 Å². The summed E-state index contributed by atoms with van der Waals surface area (Å²) in [4.78, 5) is 15.7. The van der Waals surface area contributed by atoms with Crippen molar-refractivity contribution in [3.05, 3.63) is 45.7 Å². The fraction of sp³-hybridized carbons (Fsp3) is 0.143. The minimum atomic E-state index is 0.618. The molecule has 1 aromatic carbocycles. The third-order valence-electron chi connectivity index (χ3n) is 3.13. The van der Waals surface area contributed by atoms with Crippen LogP contribution in [0.5, 0.6) is 0 Å². The van der Waals surface area contributed by atoms with Crippen LogP contribution in [-0.4, -0.2) is 15.8 Å². The Balaban J connectivity index is 2.28. The van der Waals surface area contributed by atoms with E-state index in [4.69, 9.17) is 0 Å². The van der Waals surface area contributed by atoms with E-state index in [1.54, 1.807) is 17.4 Å². The number of aldehydes is 1. The molecule has 0 fully saturated rings. The molecule has 0 atom stereocenters. The Morgan fingerprint density at radius 3 is 2.95 bits per heavy atom. The molecule has 0 aliphatic carbocycles. The number of rotatable bonds is 2. The molecule has 5 heteroatoms. The molecule has 0 aliphatic heterocycles. The van der Waals surface area contributed by atoms with Gasteiger partial charge in [-0.3, -0.25) is 9.36 Å². The summed E-state index contributed by atoms with van der Waals surface area (Å²) < 4.78 is 4.05. The van der Waals surface area contributed by atoms with Gasteiger partial charge < -0.3 is 0 Å². The zero-order chi connectivity index (χ0) is 13.6. The average Bonchev–Trinajstić information content (AvgIpc) is 3.01. The summed E-state index contributed by atoms with van der Waals surface area (Å²) in [6.07, 6.45) is 2.71. The molecule has 0 N–H and O–H groups in total. The molecule has 3 rings (SSSR count). The number of carbonyl (C=O) groups excluding carboxylic acids is 1. The van der Waals surface area contributed by atoms with Crippen molar-refractivity contribution in [2.24, 2.45) is 0 Å². The number of fused-ring (bicyclic) bond motifs is 1. The van der Waals surface area contributed by atoms with Crippen LogP contribution in [0.1, 0.15) is 21.6 Å². The number of thiazole rings is 1. The van der Waals surface area contributed by atoms with Gasteiger partial charge in [-0.25, -0.2) is 4.98 Å². The number of halogens is 1. The van der Waals surface area contributed by atoms with Gasteiger partial charge in [0.25, 0.3) is 0 Å². The first-order valence-electron chi connectivity index (χ1n) is 5.81. The predicted molar refractivity (Wildman–Crippen MR) is 81.5 cm³/mol. The number of benzene rings is 1. The van der Waals surface area contributed by atoms with Crippen LogP contribution in [0, 0.1) is 13.8 Å². The molecule has 0 radical (unpaired) electrons. The number of hydrogen-bond donors (Lipinski definition) is 0. The predicted octanol–water partition coefficient (Wildman–Crippen LogP) is 4.28. The van der Waals surface area contributed by atoms with Crippen LogP contribution in [0.4, 0.5) is 0 Å². The van der Waals surface area contributed by atoms with Crippen molar-refractivity contribution < 1.29 is 4.79 Å². The molecule has 2 aromatic heterocycles. The largest absolute Gasteiger partial charge is 0.296 e. The lowest BCUT2D eigenvalue weighted by Gasteiger charge is -2.02. The normalized spacial score (nSPS) is 11.1. The van der Waals surface area contributed by atoms with Crippen LogP contribution in [0.25, 0.3) is 15.3 Å². The summed E-state index contributed by atoms with van der Waals surface area (Å²) >= 11 is 5.18. The molecule has 3 aromatic rings. The van der Waals surface area contributed by atoms with Gasteiger partial charge in [-0.15, -0.1) is 0 Å². The van der Waals surface area contributed by atoms with Crippen molar-refractivity contribution in [2.45, 2.75) is 13.8 Å². The van der Waals surface area contributed by atoms with Crippen LogP contribution < -0.4 is 0 Å². The van der Waals surface area contributed by atoms with E-state index in [1.165, 1.54) is 5.56 Å². The summed E-state index contributed by atoms with van der Waals surface area (Å²) in [5, 5.41) is 0.822. The van der Waals surface area contributed by atoms with Crippen LogP contribution in [0.2, 0.25) is 0 Å². The maximum Gasteiger partial charge on any atom is 0.195 e. The quantitative estimate of drug-likeness (QED) is 0.655. The Bertz CT molecular complexity index is 788. The highest BCUT2D eigenvalue weighted by atomic mass is 79.9. The lowest BCUT2D eigenvalue weighted by molar-refractivity contribution is 0.111. The SMILES string of the molecule is Cc1cc2sc(-n3cccc3C=O)nc2c(C)c1Br. The van der Waals surface area contributed by atoms with Crippen LogP contribution in [-0.2, 0) is 0 Å². The van der Waals surface area contributed by atoms with Crippen LogP contribution in [0.15, 0.2) is 28.9 Å². The smallest absolute Gasteiger partial charge is 0.195 e. The van der Waals surface area contributed by atoms with E-state index in [1.807, 2.05) is 16.8 Å². The summed E-state index contributed by atoms with van der Waals surface area (Å²) in [5.74, 6) is 0. The molecule has 0 amide bonds. The van der Waals surface area contributed by atoms with Gasteiger partial charge >= 0.3 is 0 Å². The average molecular weight is 335 g/mol. The standard InChI is InChI=1S/C14H11BrN2OS/c1-8-6-11-13(9(2)12(8)15)16-14(19-11)17-5-3-4-10(17)7-18/h3-7H,1-2H3. The zero-order valence-corrected chi connectivity index (χ0v) is 12.9. The molecule has 96 valence electrons. The monoisotopic (exact) mass is 334 g/mol. The Kier molecular flexibility index (Phi) is 3.03. The third-order valence-corrected chi connectivity index (χ3v) is 5.35. The Hall–Kier alpha value is -1.46. The van der Waals surface area contributed by atoms with Crippen molar-refractivity contribution in [1.82, 2.24) is 9.55 Å². The number of hydrogen-bond acceptors (Lipinski definition) is 3. The van der Waals surface area contributed by atoms with Crippen molar-refractivity contribution in [3.63, 3.8) is 0 Å². The highest BCUT2D eigenvalue weighted by molar-refractivity contribution is 9.10. The molecule has 0 bridgehead atoms. The molecule has 3 nitrogen and oxygen atoms in total. The second-order valence-corrected chi connectivity index (χ2v) is 6.20. The van der Waals surface area contributed by atoms with Crippen molar-refractivity contribution in [1.29, 1.82) is 0 Å². The topological polar surface area (TPSA) is 34.9 Å². The molecule has 0 saturated carbocycles. The molecule has 0 aliphatic rings. The van der Waals surface area contributed by atoms with Gasteiger partial charge in [-0.2, -0.15) is 0 Å². The van der Waals surface area contributed by atoms with E-state index in [0.717, 1.165) is 31.7 Å². The Morgan fingerprint density at radius 1 is 1.42 bits per heavy atom. The molecule has 2 heterocycles. The second-order valence-electron chi connectivity index (χ2n) is 4.40. The maximum absolute atomic E-state index is 11.0. The van der Waals surface area contributed by atoms with Gasteiger partial charge in [0.1, 0.15) is 0 Å². The van der Waals surface area contributed by atoms with Gasteiger partial charge in [0, 0.05) is 10.7 Å². The van der Waals surface area contributed by atoms with E-state index in [9.17, 15) is 4.79 Å². The summed E-state index contributed by atoms with van der Waals surface area (Å²) in [6, 6.07) is 5.76. The highest BCUT2D eigenvalue weighted by Crippen LogP contribution is 2.33. The van der Waals surface area contributed by atoms with Gasteiger partial charge in [0.05, 0.1) is 15.9 Å². The van der Waals surface area contributed by atoms with Crippen molar-refractivity contribution in [2.75, 3.05) is 0 Å². The summed E-state index contributed by atoms with van der Waals surface area (Å²) in [5.41, 5.74) is 3.94. The van der Waals surface area contributed by atoms with E-state index in [2.05, 4.69) is 40.8 Å². The lowest BCUT2D eigenvalue weighted by Crippen LogP contribution is -1.96. The zero-order valence-electron chi connectivity index (χ0n) is 10.5. The first kappa shape index (κ1) is 12.6. The van der Waals surface area contributed by atoms with Crippen molar-refractivity contribution in [3.8, 4) is 5.13 Å². The summed E-state index contributed by atoms with van der Waals surface area (Å²) in [7, 11) is 0. The number of nitrogens with zero attached hydrogens (tertiary/aromatic N) is 2. The van der Waals surface area contributed by atoms with Gasteiger partial charge in [0.2, 0.25) is 0 Å². The number of carbonyl (C=O) groups is 1. The van der Waals surface area contributed by atoms with Gasteiger partial charge in [0.15, 0.2) is 11.4 Å². The van der Waals surface area contributed by atoms with E-state index in [0.29, 0.717) is 5.69 Å². The summed E-state index contributed by atoms with van der Waals surface area (Å²) in [6.45, 7) is 4.13. The minimum Gasteiger partial charge on any atom is -0.296 e. The van der Waals surface area contributed by atoms with E-state index in [-0.39, 0.29) is 0 Å². The molecular formula is C14H11BrN2OS. The number of aryl methyl sites for hydroxylation is 2. The second kappa shape index (κ2) is 4.58. The molecule has 0 saturated heterocycles. The minimum absolute atomic E-state index is 0.618. The molecule has 0 spiro atoms. The Morgan fingerprint density at radius 2 is 2.21 bits per heavy atom. The fourth-order valence-corrected chi connectivity index (χ4v) is 3.55. The maximum atomic E-state index is 11.0. The first-order chi connectivity index (χ1) is 9.11. The van der Waals surface area contributed by atoms with Crippen LogP contribution >= 0.6 is 27.3 Å². The third kappa shape index (κ3) is 1.93. The molecular weight excluding hydrogens is 324 g/mol. The number of aromatic nitrogens is 2. The highest BCUT2D eigenvalue weighted by Gasteiger charge is 2.13. The van der Waals surface area contributed by atoms with E-state index < -0.39 is 0 Å². The lowest BCUT2D eigenvalue weighted by atomic mass is 10.1. The Labute approximate surface area is 123 Å².